The smallest absolute Gasteiger partial charge is 0.272 e. The van der Waals surface area contributed by atoms with Crippen LogP contribution < -0.4 is 0 Å². The van der Waals surface area contributed by atoms with Crippen LogP contribution in [0.4, 0.5) is 0 Å². The molecule has 8 heteroatoms. The number of rotatable bonds is 4. The number of aromatic nitrogens is 5. The molecule has 0 saturated heterocycles. The molecule has 0 radical (unpaired) electrons. The van der Waals surface area contributed by atoms with Crippen LogP contribution in [0, 0.1) is 0 Å². The summed E-state index contributed by atoms with van der Waals surface area (Å²) in [5.74, 6) is 1.54. The van der Waals surface area contributed by atoms with E-state index in [2.05, 4.69) is 20.2 Å². The van der Waals surface area contributed by atoms with Crippen molar-refractivity contribution in [3.63, 3.8) is 0 Å². The highest BCUT2D eigenvalue weighted by Crippen LogP contribution is 2.15. The second kappa shape index (κ2) is 5.41. The maximum absolute atomic E-state index is 12.2. The molecule has 0 saturated carbocycles. The summed E-state index contributed by atoms with van der Waals surface area (Å²) in [6, 6.07) is 0. The molecular weight excluding hydrogens is 260 g/mol. The number of H-pyrrole nitrogens is 1. The molecule has 1 amide bonds. The number of hydrogen-bond donors (Lipinski definition) is 1. The predicted molar refractivity (Wildman–Crippen MR) is 68.7 cm³/mol. The van der Waals surface area contributed by atoms with Crippen LogP contribution in [0.3, 0.4) is 0 Å². The Bertz CT molecular complexity index is 591. The van der Waals surface area contributed by atoms with E-state index >= 15 is 0 Å². The first-order valence-electron chi connectivity index (χ1n) is 6.56. The fraction of sp³-hybridized carbons (Fsp3) is 0.500. The van der Waals surface area contributed by atoms with E-state index in [4.69, 9.17) is 4.74 Å². The predicted octanol–water partition coefficient (Wildman–Crippen LogP) is 0.194. The Hall–Kier alpha value is -2.22. The Morgan fingerprint density at radius 1 is 1.45 bits per heavy atom. The van der Waals surface area contributed by atoms with Crippen molar-refractivity contribution >= 4 is 5.91 Å². The van der Waals surface area contributed by atoms with Gasteiger partial charge in [-0.05, 0) is 6.92 Å². The third-order valence-electron chi connectivity index (χ3n) is 3.28. The van der Waals surface area contributed by atoms with Crippen LogP contribution in [0.1, 0.15) is 29.1 Å². The summed E-state index contributed by atoms with van der Waals surface area (Å²) in [6.07, 6.45) is 3.03. The van der Waals surface area contributed by atoms with Gasteiger partial charge in [-0.15, -0.1) is 10.2 Å². The molecule has 0 bridgehead atoms. The van der Waals surface area contributed by atoms with Gasteiger partial charge < -0.3 is 19.2 Å². The highest BCUT2D eigenvalue weighted by atomic mass is 16.5. The number of nitrogens with zero attached hydrogens (tertiary/aromatic N) is 5. The molecule has 2 aromatic heterocycles. The number of aromatic amines is 1. The van der Waals surface area contributed by atoms with Gasteiger partial charge in [-0.2, -0.15) is 0 Å². The number of amides is 1. The van der Waals surface area contributed by atoms with Crippen LogP contribution >= 0.6 is 0 Å². The molecule has 0 unspecified atom stereocenters. The van der Waals surface area contributed by atoms with E-state index in [1.165, 1.54) is 12.5 Å². The fourth-order valence-corrected chi connectivity index (χ4v) is 2.23. The van der Waals surface area contributed by atoms with Crippen molar-refractivity contribution in [2.45, 2.75) is 26.6 Å². The SMILES string of the molecule is CCOCc1nnc2n1CCN(C(=O)c1cnc[nH]1)C2. The number of ether oxygens (including phenoxy) is 1. The first kappa shape index (κ1) is 12.8. The van der Waals surface area contributed by atoms with E-state index in [1.54, 1.807) is 4.90 Å². The molecule has 3 heterocycles. The Morgan fingerprint density at radius 3 is 3.10 bits per heavy atom. The summed E-state index contributed by atoms with van der Waals surface area (Å²) in [7, 11) is 0. The molecule has 0 spiro atoms. The third kappa shape index (κ3) is 2.29. The molecule has 1 aliphatic rings. The number of carbonyl (C=O) groups is 1. The number of carbonyl (C=O) groups excluding carboxylic acids is 1. The van der Waals surface area contributed by atoms with Gasteiger partial charge in [-0.1, -0.05) is 0 Å². The van der Waals surface area contributed by atoms with E-state index in [-0.39, 0.29) is 5.91 Å². The Balaban J connectivity index is 1.73. The van der Waals surface area contributed by atoms with Gasteiger partial charge in [0.05, 0.1) is 19.1 Å². The summed E-state index contributed by atoms with van der Waals surface area (Å²) in [6.45, 7) is 4.81. The Morgan fingerprint density at radius 2 is 2.35 bits per heavy atom. The zero-order valence-corrected chi connectivity index (χ0v) is 11.2. The summed E-state index contributed by atoms with van der Waals surface area (Å²) < 4.78 is 7.38. The zero-order chi connectivity index (χ0) is 13.9. The van der Waals surface area contributed by atoms with Gasteiger partial charge in [-0.25, -0.2) is 4.98 Å². The molecule has 0 fully saturated rings. The average Bonchev–Trinajstić information content (AvgIpc) is 3.13. The lowest BCUT2D eigenvalue weighted by Crippen LogP contribution is -2.39. The number of fused-ring (bicyclic) bond motifs is 1. The standard InChI is InChI=1S/C12H16N6O2/c1-2-20-7-11-16-15-10-6-17(3-4-18(10)11)12(19)9-5-13-8-14-9/h5,8H,2-4,6-7H2,1H3,(H,13,14). The van der Waals surface area contributed by atoms with Crippen LogP contribution in [0.2, 0.25) is 0 Å². The first-order chi connectivity index (χ1) is 9.79. The lowest BCUT2D eigenvalue weighted by molar-refractivity contribution is 0.0696. The largest absolute Gasteiger partial charge is 0.374 e. The van der Waals surface area contributed by atoms with E-state index in [0.717, 1.165) is 11.6 Å². The molecule has 0 atom stereocenters. The number of nitrogens with one attached hydrogen (secondary N) is 1. The summed E-state index contributed by atoms with van der Waals surface area (Å²) >= 11 is 0. The van der Waals surface area contributed by atoms with Crippen molar-refractivity contribution in [3.8, 4) is 0 Å². The molecule has 8 nitrogen and oxygen atoms in total. The fourth-order valence-electron chi connectivity index (χ4n) is 2.23. The molecule has 1 N–H and O–H groups in total. The Labute approximate surface area is 115 Å². The van der Waals surface area contributed by atoms with E-state index in [0.29, 0.717) is 38.5 Å². The molecule has 3 rings (SSSR count). The third-order valence-corrected chi connectivity index (χ3v) is 3.28. The second-order valence-electron chi connectivity index (χ2n) is 4.51. The van der Waals surface area contributed by atoms with Crippen molar-refractivity contribution in [1.82, 2.24) is 29.6 Å². The van der Waals surface area contributed by atoms with E-state index in [9.17, 15) is 4.79 Å². The molecule has 0 aliphatic carbocycles. The van der Waals surface area contributed by atoms with Crippen molar-refractivity contribution in [1.29, 1.82) is 0 Å². The van der Waals surface area contributed by atoms with Crippen molar-refractivity contribution in [2.75, 3.05) is 13.2 Å². The normalized spacial score (nSPS) is 14.3. The van der Waals surface area contributed by atoms with Gasteiger partial charge in [-0.3, -0.25) is 4.79 Å². The highest BCUT2D eigenvalue weighted by Gasteiger charge is 2.25. The minimum absolute atomic E-state index is 0.0666. The van der Waals surface area contributed by atoms with Gasteiger partial charge in [0, 0.05) is 19.7 Å². The lowest BCUT2D eigenvalue weighted by atomic mass is 10.3. The molecule has 0 aromatic carbocycles. The van der Waals surface area contributed by atoms with Crippen molar-refractivity contribution in [3.05, 3.63) is 29.9 Å². The van der Waals surface area contributed by atoms with Crippen LogP contribution in [0.5, 0.6) is 0 Å². The van der Waals surface area contributed by atoms with Gasteiger partial charge in [0.1, 0.15) is 12.3 Å². The van der Waals surface area contributed by atoms with Gasteiger partial charge in [0.2, 0.25) is 0 Å². The van der Waals surface area contributed by atoms with Crippen molar-refractivity contribution < 1.29 is 9.53 Å². The average molecular weight is 276 g/mol. The minimum atomic E-state index is -0.0666. The number of hydrogen-bond acceptors (Lipinski definition) is 5. The molecular formula is C12H16N6O2. The van der Waals surface area contributed by atoms with E-state index in [1.807, 2.05) is 11.5 Å². The maximum atomic E-state index is 12.2. The van der Waals surface area contributed by atoms with Crippen molar-refractivity contribution in [2.24, 2.45) is 0 Å². The zero-order valence-electron chi connectivity index (χ0n) is 11.2. The van der Waals surface area contributed by atoms with Crippen LogP contribution in [-0.4, -0.2) is 48.7 Å². The van der Waals surface area contributed by atoms with E-state index < -0.39 is 0 Å². The summed E-state index contributed by atoms with van der Waals surface area (Å²) in [4.78, 5) is 20.7. The quantitative estimate of drug-likeness (QED) is 0.861. The van der Waals surface area contributed by atoms with Crippen LogP contribution in [0.25, 0.3) is 0 Å². The van der Waals surface area contributed by atoms with Crippen LogP contribution in [0.15, 0.2) is 12.5 Å². The van der Waals surface area contributed by atoms with Gasteiger partial charge >= 0.3 is 0 Å². The topological polar surface area (TPSA) is 88.9 Å². The van der Waals surface area contributed by atoms with Gasteiger partial charge in [0.25, 0.3) is 5.91 Å². The molecule has 20 heavy (non-hydrogen) atoms. The first-order valence-corrected chi connectivity index (χ1v) is 6.56. The van der Waals surface area contributed by atoms with Crippen LogP contribution in [-0.2, 0) is 24.4 Å². The minimum Gasteiger partial charge on any atom is -0.374 e. The highest BCUT2D eigenvalue weighted by molar-refractivity contribution is 5.92. The van der Waals surface area contributed by atoms with Gasteiger partial charge in [0.15, 0.2) is 11.6 Å². The second-order valence-corrected chi connectivity index (χ2v) is 4.51. The molecule has 106 valence electrons. The number of imidazole rings is 1. The Kier molecular flexibility index (Phi) is 3.46. The maximum Gasteiger partial charge on any atom is 0.272 e. The summed E-state index contributed by atoms with van der Waals surface area (Å²) in [5.41, 5.74) is 0.493. The molecule has 1 aliphatic heterocycles. The monoisotopic (exact) mass is 276 g/mol. The molecule has 2 aromatic rings. The lowest BCUT2D eigenvalue weighted by Gasteiger charge is -2.27. The summed E-state index contributed by atoms with van der Waals surface area (Å²) in [5, 5.41) is 8.26.